The molecule has 0 amide bonds. The van der Waals surface area contributed by atoms with Gasteiger partial charge in [-0.25, -0.2) is 9.18 Å². The average molecular weight is 361 g/mol. The van der Waals surface area contributed by atoms with Crippen molar-refractivity contribution in [3.63, 3.8) is 0 Å². The summed E-state index contributed by atoms with van der Waals surface area (Å²) in [7, 11) is 0. The number of hydrogen-bond acceptors (Lipinski definition) is 4. The fourth-order valence-electron chi connectivity index (χ4n) is 2.90. The van der Waals surface area contributed by atoms with Gasteiger partial charge in [-0.2, -0.15) is 0 Å². The van der Waals surface area contributed by atoms with Gasteiger partial charge < -0.3 is 9.26 Å². The van der Waals surface area contributed by atoms with Crippen LogP contribution in [0.5, 0.6) is 0 Å². The first-order valence-corrected chi connectivity index (χ1v) is 8.53. The van der Waals surface area contributed by atoms with Crippen LogP contribution < -0.4 is 0 Å². The monoisotopic (exact) mass is 361 g/mol. The molecular formula is C22H16FNO3. The number of aromatic nitrogens is 1. The number of halogens is 1. The Morgan fingerprint density at radius 3 is 2.52 bits per heavy atom. The summed E-state index contributed by atoms with van der Waals surface area (Å²) in [5.74, 6) is -0.190. The Morgan fingerprint density at radius 2 is 1.78 bits per heavy atom. The van der Waals surface area contributed by atoms with E-state index in [0.29, 0.717) is 16.8 Å². The number of carbonyl (C=O) groups is 1. The number of fused-ring (bicyclic) bond motifs is 1. The third kappa shape index (κ3) is 3.44. The maximum atomic E-state index is 13.1. The summed E-state index contributed by atoms with van der Waals surface area (Å²) in [6.07, 6.45) is -0.495. The zero-order chi connectivity index (χ0) is 18.8. The molecule has 0 radical (unpaired) electrons. The molecule has 1 atom stereocenters. The topological polar surface area (TPSA) is 52.3 Å². The van der Waals surface area contributed by atoms with Crippen molar-refractivity contribution in [1.82, 2.24) is 5.16 Å². The average Bonchev–Trinajstić information content (AvgIpc) is 3.12. The van der Waals surface area contributed by atoms with Crippen LogP contribution in [0.4, 0.5) is 4.39 Å². The minimum absolute atomic E-state index is 0.330. The lowest BCUT2D eigenvalue weighted by atomic mass is 10.1. The molecule has 5 heteroatoms. The lowest BCUT2D eigenvalue weighted by molar-refractivity contribution is 0.0338. The predicted molar refractivity (Wildman–Crippen MR) is 99.7 cm³/mol. The third-order valence-corrected chi connectivity index (χ3v) is 4.37. The highest BCUT2D eigenvalue weighted by molar-refractivity contribution is 5.98. The quantitative estimate of drug-likeness (QED) is 0.447. The highest BCUT2D eigenvalue weighted by Crippen LogP contribution is 2.30. The number of hydrogen-bond donors (Lipinski definition) is 0. The summed E-state index contributed by atoms with van der Waals surface area (Å²) in [6, 6.07) is 20.6. The van der Waals surface area contributed by atoms with Gasteiger partial charge in [-0.1, -0.05) is 47.6 Å². The standard InChI is InChI=1S/C22H16FNO3/c1-14(15-7-10-18(23)11-8-15)26-22(25)17-9-12-20-19(13-17)21(27-24-20)16-5-3-2-4-6-16/h2-14H,1H3/t14-/m1/s1. The van der Waals surface area contributed by atoms with E-state index in [0.717, 1.165) is 16.5 Å². The minimum atomic E-state index is -0.495. The van der Waals surface area contributed by atoms with Crippen molar-refractivity contribution in [2.75, 3.05) is 0 Å². The van der Waals surface area contributed by atoms with Crippen LogP contribution in [0.3, 0.4) is 0 Å². The van der Waals surface area contributed by atoms with E-state index in [2.05, 4.69) is 5.16 Å². The normalized spacial score (nSPS) is 12.1. The lowest BCUT2D eigenvalue weighted by Gasteiger charge is -2.13. The predicted octanol–water partition coefficient (Wildman–Crippen LogP) is 5.55. The second-order valence-electron chi connectivity index (χ2n) is 6.21. The Labute approximate surface area is 155 Å². The SMILES string of the molecule is C[C@@H](OC(=O)c1ccc2noc(-c3ccccc3)c2c1)c1ccc(F)cc1. The molecule has 27 heavy (non-hydrogen) atoms. The first-order valence-electron chi connectivity index (χ1n) is 8.53. The summed E-state index contributed by atoms with van der Waals surface area (Å²) in [5, 5.41) is 4.79. The van der Waals surface area contributed by atoms with Gasteiger partial charge >= 0.3 is 5.97 Å². The van der Waals surface area contributed by atoms with Crippen molar-refractivity contribution in [2.24, 2.45) is 0 Å². The van der Waals surface area contributed by atoms with E-state index >= 15 is 0 Å². The smallest absolute Gasteiger partial charge is 0.338 e. The van der Waals surface area contributed by atoms with E-state index in [1.165, 1.54) is 12.1 Å². The lowest BCUT2D eigenvalue weighted by Crippen LogP contribution is -2.09. The van der Waals surface area contributed by atoms with Gasteiger partial charge in [0.05, 0.1) is 10.9 Å². The van der Waals surface area contributed by atoms with Gasteiger partial charge in [0.2, 0.25) is 0 Å². The van der Waals surface area contributed by atoms with Crippen molar-refractivity contribution in [3.8, 4) is 11.3 Å². The molecule has 1 aromatic heterocycles. The molecule has 0 N–H and O–H groups in total. The summed E-state index contributed by atoms with van der Waals surface area (Å²) in [4.78, 5) is 12.6. The molecule has 0 aliphatic rings. The molecule has 0 fully saturated rings. The van der Waals surface area contributed by atoms with Crippen LogP contribution >= 0.6 is 0 Å². The fraction of sp³-hybridized carbons (Fsp3) is 0.0909. The van der Waals surface area contributed by atoms with Gasteiger partial charge in [0.1, 0.15) is 17.4 Å². The molecule has 134 valence electrons. The molecule has 0 bridgehead atoms. The maximum Gasteiger partial charge on any atom is 0.338 e. The van der Waals surface area contributed by atoms with Gasteiger partial charge in [0.25, 0.3) is 0 Å². The molecule has 0 spiro atoms. The van der Waals surface area contributed by atoms with Crippen LogP contribution in [0.25, 0.3) is 22.2 Å². The van der Waals surface area contributed by atoms with Crippen LogP contribution in [-0.4, -0.2) is 11.1 Å². The number of esters is 1. The van der Waals surface area contributed by atoms with Crippen molar-refractivity contribution < 1.29 is 18.4 Å². The molecule has 3 aromatic carbocycles. The molecule has 4 nitrogen and oxygen atoms in total. The number of benzene rings is 3. The van der Waals surface area contributed by atoms with E-state index in [-0.39, 0.29) is 5.82 Å². The van der Waals surface area contributed by atoms with Crippen LogP contribution in [0.15, 0.2) is 77.3 Å². The number of rotatable bonds is 4. The number of nitrogens with zero attached hydrogens (tertiary/aromatic N) is 1. The molecule has 0 aliphatic heterocycles. The summed E-state index contributed by atoms with van der Waals surface area (Å²) in [6.45, 7) is 1.75. The van der Waals surface area contributed by atoms with Crippen molar-refractivity contribution in [2.45, 2.75) is 13.0 Å². The van der Waals surface area contributed by atoms with E-state index in [1.54, 1.807) is 37.3 Å². The second-order valence-corrected chi connectivity index (χ2v) is 6.21. The van der Waals surface area contributed by atoms with Crippen LogP contribution in [0.1, 0.15) is 28.9 Å². The zero-order valence-electron chi connectivity index (χ0n) is 14.6. The zero-order valence-corrected chi connectivity index (χ0v) is 14.6. The first-order chi connectivity index (χ1) is 13.1. The van der Waals surface area contributed by atoms with E-state index in [4.69, 9.17) is 9.26 Å². The molecular weight excluding hydrogens is 345 g/mol. The minimum Gasteiger partial charge on any atom is -0.454 e. The third-order valence-electron chi connectivity index (χ3n) is 4.37. The van der Waals surface area contributed by atoms with Gasteiger partial charge in [0, 0.05) is 5.56 Å². The van der Waals surface area contributed by atoms with E-state index < -0.39 is 12.1 Å². The molecule has 0 unspecified atom stereocenters. The summed E-state index contributed by atoms with van der Waals surface area (Å²) in [5.41, 5.74) is 2.67. The molecule has 0 aliphatic carbocycles. The maximum absolute atomic E-state index is 13.1. The number of ether oxygens (including phenoxy) is 1. The van der Waals surface area contributed by atoms with E-state index in [1.807, 2.05) is 30.3 Å². The molecule has 4 rings (SSSR count). The summed E-state index contributed by atoms with van der Waals surface area (Å²) < 4.78 is 24.0. The summed E-state index contributed by atoms with van der Waals surface area (Å²) >= 11 is 0. The first kappa shape index (κ1) is 17.0. The van der Waals surface area contributed by atoms with Gasteiger partial charge in [0.15, 0.2) is 5.76 Å². The van der Waals surface area contributed by atoms with E-state index in [9.17, 15) is 9.18 Å². The Hall–Kier alpha value is -3.47. The van der Waals surface area contributed by atoms with Crippen LogP contribution in [0, 0.1) is 5.82 Å². The Kier molecular flexibility index (Phi) is 4.42. The van der Waals surface area contributed by atoms with Gasteiger partial charge in [-0.3, -0.25) is 0 Å². The van der Waals surface area contributed by atoms with Crippen LogP contribution in [-0.2, 0) is 4.74 Å². The fourth-order valence-corrected chi connectivity index (χ4v) is 2.90. The van der Waals surface area contributed by atoms with Crippen molar-refractivity contribution in [3.05, 3.63) is 89.7 Å². The Balaban J connectivity index is 1.61. The molecule has 1 heterocycles. The molecule has 0 saturated heterocycles. The van der Waals surface area contributed by atoms with Crippen LogP contribution in [0.2, 0.25) is 0 Å². The molecule has 0 saturated carbocycles. The highest BCUT2D eigenvalue weighted by Gasteiger charge is 2.17. The van der Waals surface area contributed by atoms with Gasteiger partial charge in [-0.05, 0) is 42.8 Å². The highest BCUT2D eigenvalue weighted by atomic mass is 19.1. The number of carbonyl (C=O) groups excluding carboxylic acids is 1. The van der Waals surface area contributed by atoms with Gasteiger partial charge in [-0.15, -0.1) is 0 Å². The molecule has 4 aromatic rings. The van der Waals surface area contributed by atoms with Crippen molar-refractivity contribution >= 4 is 16.9 Å². The Bertz CT molecular complexity index is 1090. The van der Waals surface area contributed by atoms with Crippen molar-refractivity contribution in [1.29, 1.82) is 0 Å². The Morgan fingerprint density at radius 1 is 1.04 bits per heavy atom. The largest absolute Gasteiger partial charge is 0.454 e. The second kappa shape index (κ2) is 7.03.